The van der Waals surface area contributed by atoms with Gasteiger partial charge in [-0.15, -0.1) is 0 Å². The van der Waals surface area contributed by atoms with Crippen LogP contribution in [0.25, 0.3) is 0 Å². The average molecular weight is 307 g/mol. The summed E-state index contributed by atoms with van der Waals surface area (Å²) in [6.45, 7) is 4.38. The average Bonchev–Trinajstić information content (AvgIpc) is 2.96. The summed E-state index contributed by atoms with van der Waals surface area (Å²) in [6.07, 6.45) is 4.99. The lowest BCUT2D eigenvalue weighted by atomic mass is 10.0. The van der Waals surface area contributed by atoms with E-state index in [1.54, 1.807) is 0 Å². The van der Waals surface area contributed by atoms with Crippen LogP contribution in [0, 0.1) is 0 Å². The van der Waals surface area contributed by atoms with Crippen LogP contribution in [0.3, 0.4) is 0 Å². The number of hydrazine groups is 1. The number of benzene rings is 1. The number of nitrogens with one attached hydrogen (secondary N) is 1. The molecule has 5 heteroatoms. The van der Waals surface area contributed by atoms with Gasteiger partial charge in [-0.1, -0.05) is 37.6 Å². The highest BCUT2D eigenvalue weighted by Crippen LogP contribution is 2.20. The van der Waals surface area contributed by atoms with Gasteiger partial charge in [0.15, 0.2) is 0 Å². The van der Waals surface area contributed by atoms with Gasteiger partial charge in [0, 0.05) is 17.6 Å². The lowest BCUT2D eigenvalue weighted by Crippen LogP contribution is -2.29. The summed E-state index contributed by atoms with van der Waals surface area (Å²) in [5.41, 5.74) is 5.01. The van der Waals surface area contributed by atoms with Gasteiger partial charge in [0.05, 0.1) is 17.8 Å². The van der Waals surface area contributed by atoms with E-state index in [9.17, 15) is 0 Å². The first-order chi connectivity index (χ1) is 10.2. The molecule has 2 aromatic rings. The molecule has 0 spiro atoms. The first-order valence-electron chi connectivity index (χ1n) is 7.43. The zero-order valence-corrected chi connectivity index (χ0v) is 13.3. The van der Waals surface area contributed by atoms with Crippen molar-refractivity contribution < 1.29 is 0 Å². The second kappa shape index (κ2) is 7.59. The molecule has 1 atom stereocenters. The van der Waals surface area contributed by atoms with Gasteiger partial charge in [-0.05, 0) is 36.6 Å². The van der Waals surface area contributed by atoms with Crippen LogP contribution in [0.5, 0.6) is 0 Å². The highest BCUT2D eigenvalue weighted by molar-refractivity contribution is 6.30. The van der Waals surface area contributed by atoms with E-state index < -0.39 is 0 Å². The fraction of sp³-hybridized carbons (Fsp3) is 0.438. The van der Waals surface area contributed by atoms with Crippen molar-refractivity contribution in [3.05, 3.63) is 52.8 Å². The maximum Gasteiger partial charge on any atom is 0.0644 e. The summed E-state index contributed by atoms with van der Waals surface area (Å²) in [5, 5.41) is 5.41. The number of rotatable bonds is 7. The van der Waals surface area contributed by atoms with E-state index in [2.05, 4.69) is 41.3 Å². The number of halogens is 1. The highest BCUT2D eigenvalue weighted by Gasteiger charge is 2.14. The first-order valence-corrected chi connectivity index (χ1v) is 7.81. The minimum Gasteiger partial charge on any atom is -0.271 e. The minimum absolute atomic E-state index is 0.0346. The summed E-state index contributed by atoms with van der Waals surface area (Å²) in [6, 6.07) is 10.3. The summed E-state index contributed by atoms with van der Waals surface area (Å²) in [4.78, 5) is 0. The van der Waals surface area contributed by atoms with Crippen molar-refractivity contribution in [3.63, 3.8) is 0 Å². The highest BCUT2D eigenvalue weighted by atomic mass is 35.5. The molecule has 114 valence electrons. The van der Waals surface area contributed by atoms with Gasteiger partial charge in [0.1, 0.15) is 0 Å². The van der Waals surface area contributed by atoms with Crippen molar-refractivity contribution in [2.24, 2.45) is 5.84 Å². The topological polar surface area (TPSA) is 55.9 Å². The lowest BCUT2D eigenvalue weighted by molar-refractivity contribution is 0.422. The second-order valence-corrected chi connectivity index (χ2v) is 5.67. The Bertz CT molecular complexity index is 546. The Morgan fingerprint density at radius 3 is 2.43 bits per heavy atom. The molecule has 0 saturated heterocycles. The number of nitrogens with two attached hydrogens (primary N) is 1. The molecule has 3 N–H and O–H groups in total. The Balaban J connectivity index is 2.10. The molecule has 0 amide bonds. The summed E-state index contributed by atoms with van der Waals surface area (Å²) in [5.74, 6) is 5.69. The van der Waals surface area contributed by atoms with E-state index in [-0.39, 0.29) is 6.04 Å². The normalized spacial score (nSPS) is 12.8. The van der Waals surface area contributed by atoms with Gasteiger partial charge in [-0.25, -0.2) is 0 Å². The number of nitrogens with zero attached hydrogens (tertiary/aromatic N) is 2. The molecule has 0 aliphatic carbocycles. The van der Waals surface area contributed by atoms with Crippen LogP contribution in [-0.4, -0.2) is 9.78 Å². The van der Waals surface area contributed by atoms with Crippen molar-refractivity contribution in [3.8, 4) is 0 Å². The molecule has 1 unspecified atom stereocenters. The minimum atomic E-state index is 0.0346. The van der Waals surface area contributed by atoms with E-state index in [4.69, 9.17) is 17.4 Å². The standard InChI is InChI=1S/C16H23ClN4/c1-3-15(4-2)21-10-9-14(20-21)11-16(19-18)12-5-7-13(17)8-6-12/h5-10,15-16,19H,3-4,11,18H2,1-2H3. The molecule has 1 aromatic heterocycles. The molecule has 2 rings (SSSR count). The van der Waals surface area contributed by atoms with Gasteiger partial charge in [0.25, 0.3) is 0 Å². The predicted octanol–water partition coefficient (Wildman–Crippen LogP) is 3.64. The maximum atomic E-state index is 5.92. The van der Waals surface area contributed by atoms with Crippen molar-refractivity contribution in [1.29, 1.82) is 0 Å². The second-order valence-electron chi connectivity index (χ2n) is 5.23. The van der Waals surface area contributed by atoms with E-state index in [1.807, 2.05) is 24.3 Å². The van der Waals surface area contributed by atoms with Crippen LogP contribution in [0.15, 0.2) is 36.5 Å². The SMILES string of the molecule is CCC(CC)n1ccc(CC(NN)c2ccc(Cl)cc2)n1. The molecule has 0 fully saturated rings. The van der Waals surface area contributed by atoms with Crippen LogP contribution < -0.4 is 11.3 Å². The maximum absolute atomic E-state index is 5.92. The van der Waals surface area contributed by atoms with E-state index in [0.717, 1.165) is 35.5 Å². The van der Waals surface area contributed by atoms with Crippen molar-refractivity contribution in [2.45, 2.75) is 45.2 Å². The number of aromatic nitrogens is 2. The number of hydrogen-bond donors (Lipinski definition) is 2. The molecule has 1 heterocycles. The fourth-order valence-electron chi connectivity index (χ4n) is 2.53. The molecule has 21 heavy (non-hydrogen) atoms. The third-order valence-corrected chi connectivity index (χ3v) is 4.12. The van der Waals surface area contributed by atoms with E-state index in [1.165, 1.54) is 0 Å². The van der Waals surface area contributed by atoms with Crippen molar-refractivity contribution in [2.75, 3.05) is 0 Å². The molecule has 0 saturated carbocycles. The lowest BCUT2D eigenvalue weighted by Gasteiger charge is -2.16. The van der Waals surface area contributed by atoms with E-state index >= 15 is 0 Å². The summed E-state index contributed by atoms with van der Waals surface area (Å²) >= 11 is 5.92. The van der Waals surface area contributed by atoms with Crippen LogP contribution >= 0.6 is 11.6 Å². The van der Waals surface area contributed by atoms with Gasteiger partial charge < -0.3 is 0 Å². The van der Waals surface area contributed by atoms with Gasteiger partial charge in [-0.3, -0.25) is 16.0 Å². The third kappa shape index (κ3) is 4.06. The molecule has 0 aliphatic rings. The zero-order chi connectivity index (χ0) is 15.2. The Morgan fingerprint density at radius 2 is 1.86 bits per heavy atom. The van der Waals surface area contributed by atoms with Crippen LogP contribution in [0.4, 0.5) is 0 Å². The molecule has 0 aliphatic heterocycles. The predicted molar refractivity (Wildman–Crippen MR) is 87.1 cm³/mol. The molecule has 0 radical (unpaired) electrons. The quantitative estimate of drug-likeness (QED) is 0.606. The Kier molecular flexibility index (Phi) is 5.79. The Hall–Kier alpha value is -1.36. The van der Waals surface area contributed by atoms with E-state index in [0.29, 0.717) is 6.04 Å². The molecule has 4 nitrogen and oxygen atoms in total. The van der Waals surface area contributed by atoms with Crippen molar-refractivity contribution in [1.82, 2.24) is 15.2 Å². The largest absolute Gasteiger partial charge is 0.271 e. The van der Waals surface area contributed by atoms with Gasteiger partial charge in [0.2, 0.25) is 0 Å². The molecule has 0 bridgehead atoms. The third-order valence-electron chi connectivity index (χ3n) is 3.87. The molecular formula is C16H23ClN4. The smallest absolute Gasteiger partial charge is 0.0644 e. The zero-order valence-electron chi connectivity index (χ0n) is 12.6. The summed E-state index contributed by atoms with van der Waals surface area (Å²) in [7, 11) is 0. The Morgan fingerprint density at radius 1 is 1.19 bits per heavy atom. The first kappa shape index (κ1) is 16.0. The van der Waals surface area contributed by atoms with Gasteiger partial charge >= 0.3 is 0 Å². The van der Waals surface area contributed by atoms with Crippen molar-refractivity contribution >= 4 is 11.6 Å². The monoisotopic (exact) mass is 306 g/mol. The summed E-state index contributed by atoms with van der Waals surface area (Å²) < 4.78 is 2.06. The fourth-order valence-corrected chi connectivity index (χ4v) is 2.66. The van der Waals surface area contributed by atoms with Crippen LogP contribution in [0.2, 0.25) is 5.02 Å². The Labute approximate surface area is 131 Å². The molecule has 1 aromatic carbocycles. The van der Waals surface area contributed by atoms with Gasteiger partial charge in [-0.2, -0.15) is 5.10 Å². The van der Waals surface area contributed by atoms with Crippen LogP contribution in [0.1, 0.15) is 50.0 Å². The number of hydrogen-bond acceptors (Lipinski definition) is 3. The van der Waals surface area contributed by atoms with Crippen LogP contribution in [-0.2, 0) is 6.42 Å². The molecular weight excluding hydrogens is 284 g/mol.